The van der Waals surface area contributed by atoms with Crippen LogP contribution in [-0.4, -0.2) is 62.0 Å². The number of esters is 2. The molecule has 0 saturated heterocycles. The van der Waals surface area contributed by atoms with Crippen molar-refractivity contribution < 1.29 is 42.8 Å². The number of Topliss-reactive ketones (excluding diaryl/α,β-unsaturated/α-hetero) is 1. The Kier molecular flexibility index (Phi) is 14.4. The van der Waals surface area contributed by atoms with Gasteiger partial charge in [-0.3, -0.25) is 14.4 Å². The normalized spacial score (nSPS) is 13.2. The van der Waals surface area contributed by atoms with Crippen LogP contribution in [0.5, 0.6) is 17.2 Å². The number of benzene rings is 2. The second-order valence-corrected chi connectivity index (χ2v) is 12.3. The highest BCUT2D eigenvalue weighted by atomic mass is 16.7. The van der Waals surface area contributed by atoms with E-state index >= 15 is 0 Å². The minimum Gasteiger partial charge on any atom is -0.496 e. The molecule has 0 unspecified atom stereocenters. The van der Waals surface area contributed by atoms with Crippen LogP contribution in [0.4, 0.5) is 0 Å². The maximum absolute atomic E-state index is 13.4. The summed E-state index contributed by atoms with van der Waals surface area (Å²) < 4.78 is 33.7. The van der Waals surface area contributed by atoms with Gasteiger partial charge in [0.05, 0.1) is 25.7 Å². The molecule has 0 spiro atoms. The lowest BCUT2D eigenvalue weighted by Crippen LogP contribution is -2.44. The molecule has 1 heterocycles. The summed E-state index contributed by atoms with van der Waals surface area (Å²) in [4.78, 5) is 42.2. The molecule has 0 radical (unpaired) electrons. The van der Waals surface area contributed by atoms with Crippen LogP contribution < -0.4 is 14.2 Å². The SMILES string of the molecule is CCCOC(C)(C)[C@@H](Cc1ccc(OC)c(Cc2ccccc2)c1)[C@H](C)OC(=O)[C@H](C)CC(=O)c1nccc(OC)c1OCOC(C)=O. The van der Waals surface area contributed by atoms with Crippen LogP contribution in [0.1, 0.15) is 81.6 Å². The van der Waals surface area contributed by atoms with Gasteiger partial charge in [-0.25, -0.2) is 4.98 Å². The number of ether oxygens (including phenoxy) is 6. The molecule has 3 rings (SSSR count). The number of rotatable bonds is 19. The average Bonchev–Trinajstić information content (AvgIpc) is 3.06. The second kappa shape index (κ2) is 18.2. The van der Waals surface area contributed by atoms with Gasteiger partial charge in [0.2, 0.25) is 6.79 Å². The minimum absolute atomic E-state index is 0.0289. The Morgan fingerprint density at radius 2 is 1.62 bits per heavy atom. The molecule has 260 valence electrons. The molecular weight excluding hydrogens is 614 g/mol. The molecular formula is C38H49NO9. The van der Waals surface area contributed by atoms with E-state index in [2.05, 4.69) is 30.1 Å². The number of nitrogens with zero attached hydrogens (tertiary/aromatic N) is 1. The highest BCUT2D eigenvalue weighted by Gasteiger charge is 2.37. The summed E-state index contributed by atoms with van der Waals surface area (Å²) in [6.45, 7) is 11.0. The summed E-state index contributed by atoms with van der Waals surface area (Å²) in [5.74, 6) is -1.43. The Hall–Kier alpha value is -4.44. The van der Waals surface area contributed by atoms with Crippen molar-refractivity contribution in [2.75, 3.05) is 27.6 Å². The van der Waals surface area contributed by atoms with Crippen molar-refractivity contribution in [2.45, 2.75) is 78.9 Å². The maximum Gasteiger partial charge on any atom is 0.309 e. The maximum atomic E-state index is 13.4. The number of hydrogen-bond acceptors (Lipinski definition) is 10. The molecule has 3 atom stereocenters. The summed E-state index contributed by atoms with van der Waals surface area (Å²) in [7, 11) is 3.09. The van der Waals surface area contributed by atoms with Crippen molar-refractivity contribution in [1.29, 1.82) is 0 Å². The van der Waals surface area contributed by atoms with Crippen molar-refractivity contribution in [3.05, 3.63) is 83.2 Å². The molecule has 0 saturated carbocycles. The molecule has 3 aromatic rings. The van der Waals surface area contributed by atoms with E-state index in [1.54, 1.807) is 14.0 Å². The number of ketones is 1. The first-order chi connectivity index (χ1) is 22.9. The van der Waals surface area contributed by atoms with E-state index in [4.69, 9.17) is 28.4 Å². The predicted octanol–water partition coefficient (Wildman–Crippen LogP) is 6.79. The fourth-order valence-electron chi connectivity index (χ4n) is 5.56. The molecule has 10 heteroatoms. The van der Waals surface area contributed by atoms with Crippen molar-refractivity contribution in [3.63, 3.8) is 0 Å². The Morgan fingerprint density at radius 1 is 0.917 bits per heavy atom. The molecule has 0 bridgehead atoms. The van der Waals surface area contributed by atoms with Crippen LogP contribution in [0.2, 0.25) is 0 Å². The molecule has 0 fully saturated rings. The molecule has 0 amide bonds. The second-order valence-electron chi connectivity index (χ2n) is 12.3. The van der Waals surface area contributed by atoms with Crippen LogP contribution in [0.15, 0.2) is 60.8 Å². The number of carbonyl (C=O) groups excluding carboxylic acids is 3. The van der Waals surface area contributed by atoms with E-state index in [0.29, 0.717) is 19.4 Å². The zero-order valence-electron chi connectivity index (χ0n) is 29.4. The topological polar surface area (TPSA) is 119 Å². The third-order valence-electron chi connectivity index (χ3n) is 8.19. The molecule has 0 aliphatic heterocycles. The van der Waals surface area contributed by atoms with Gasteiger partial charge in [-0.2, -0.15) is 0 Å². The predicted molar refractivity (Wildman–Crippen MR) is 181 cm³/mol. The minimum atomic E-state index is -0.784. The van der Waals surface area contributed by atoms with Gasteiger partial charge in [0, 0.05) is 44.6 Å². The monoisotopic (exact) mass is 663 g/mol. The molecule has 0 aliphatic rings. The summed E-state index contributed by atoms with van der Waals surface area (Å²) in [6, 6.07) is 17.9. The van der Waals surface area contributed by atoms with E-state index in [1.165, 1.54) is 31.9 Å². The molecule has 48 heavy (non-hydrogen) atoms. The number of methoxy groups -OCH3 is 2. The van der Waals surface area contributed by atoms with E-state index < -0.39 is 42.1 Å². The zero-order chi connectivity index (χ0) is 35.3. The Bertz CT molecular complexity index is 1510. The zero-order valence-corrected chi connectivity index (χ0v) is 29.4. The highest BCUT2D eigenvalue weighted by Crippen LogP contribution is 2.34. The third kappa shape index (κ3) is 10.8. The highest BCUT2D eigenvalue weighted by molar-refractivity contribution is 5.99. The van der Waals surface area contributed by atoms with Crippen molar-refractivity contribution in [2.24, 2.45) is 11.8 Å². The summed E-state index contributed by atoms with van der Waals surface area (Å²) in [5, 5.41) is 0. The smallest absolute Gasteiger partial charge is 0.309 e. The third-order valence-corrected chi connectivity index (χ3v) is 8.19. The summed E-state index contributed by atoms with van der Waals surface area (Å²) in [6.07, 6.45) is 2.83. The number of pyridine rings is 1. The fourth-order valence-corrected chi connectivity index (χ4v) is 5.56. The van der Waals surface area contributed by atoms with E-state index in [-0.39, 0.29) is 29.5 Å². The van der Waals surface area contributed by atoms with Gasteiger partial charge in [-0.1, -0.05) is 56.3 Å². The molecule has 2 aromatic carbocycles. The van der Waals surface area contributed by atoms with E-state index in [0.717, 1.165) is 23.3 Å². The standard InChI is InChI=1S/C38H49NO9/c1-9-19-47-38(5,6)31(23-29-15-16-33(43-7)30(22-29)21-28-13-11-10-12-14-28)26(3)48-37(42)25(2)20-32(41)35-36(46-24-45-27(4)40)34(44-8)17-18-39-35/h10-18,22,25-26,31H,9,19-21,23-24H2,1-8H3/t25-,26+,31+/m1/s1. The van der Waals surface area contributed by atoms with Gasteiger partial charge in [0.1, 0.15) is 11.9 Å². The van der Waals surface area contributed by atoms with Gasteiger partial charge in [-0.05, 0) is 56.4 Å². The number of aromatic nitrogens is 1. The molecule has 0 aliphatic carbocycles. The van der Waals surface area contributed by atoms with E-state index in [1.807, 2.05) is 51.1 Å². The van der Waals surface area contributed by atoms with Gasteiger partial charge in [0.15, 0.2) is 23.0 Å². The molecule has 1 aromatic heterocycles. The Morgan fingerprint density at radius 3 is 2.27 bits per heavy atom. The first kappa shape index (κ1) is 38.0. The average molecular weight is 664 g/mol. The van der Waals surface area contributed by atoms with Gasteiger partial charge < -0.3 is 28.4 Å². The lowest BCUT2D eigenvalue weighted by molar-refractivity contribution is -0.163. The Balaban J connectivity index is 1.79. The number of hydrogen-bond donors (Lipinski definition) is 0. The Labute approximate surface area is 284 Å². The summed E-state index contributed by atoms with van der Waals surface area (Å²) >= 11 is 0. The van der Waals surface area contributed by atoms with Gasteiger partial charge in [0.25, 0.3) is 0 Å². The first-order valence-electron chi connectivity index (χ1n) is 16.3. The van der Waals surface area contributed by atoms with Crippen molar-refractivity contribution in [1.82, 2.24) is 4.98 Å². The van der Waals surface area contributed by atoms with Crippen molar-refractivity contribution in [3.8, 4) is 17.2 Å². The number of carbonyl (C=O) groups is 3. The van der Waals surface area contributed by atoms with Crippen molar-refractivity contribution >= 4 is 17.7 Å². The molecule has 0 N–H and O–H groups in total. The summed E-state index contributed by atoms with van der Waals surface area (Å²) in [5.41, 5.74) is 2.64. The lowest BCUT2D eigenvalue weighted by Gasteiger charge is -2.38. The van der Waals surface area contributed by atoms with Crippen LogP contribution in [0.3, 0.4) is 0 Å². The van der Waals surface area contributed by atoms with Crippen LogP contribution in [0.25, 0.3) is 0 Å². The fraction of sp³-hybridized carbons (Fsp3) is 0.474. The van der Waals surface area contributed by atoms with Gasteiger partial charge >= 0.3 is 11.9 Å². The van der Waals surface area contributed by atoms with Crippen LogP contribution >= 0.6 is 0 Å². The first-order valence-corrected chi connectivity index (χ1v) is 16.3. The van der Waals surface area contributed by atoms with Crippen LogP contribution in [-0.2, 0) is 36.6 Å². The largest absolute Gasteiger partial charge is 0.496 e. The lowest BCUT2D eigenvalue weighted by atomic mass is 9.81. The van der Waals surface area contributed by atoms with E-state index in [9.17, 15) is 14.4 Å². The molecule has 10 nitrogen and oxygen atoms in total. The quantitative estimate of drug-likeness (QED) is 0.0770. The van der Waals surface area contributed by atoms with Crippen LogP contribution in [0, 0.1) is 11.8 Å². The van der Waals surface area contributed by atoms with Gasteiger partial charge in [-0.15, -0.1) is 0 Å².